The number of carbonyl (C=O) groups excluding carboxylic acids is 2. The van der Waals surface area contributed by atoms with Crippen LogP contribution in [0.1, 0.15) is 39.0 Å². The molecule has 13 heteroatoms. The first-order chi connectivity index (χ1) is 14.7. The number of ether oxygens (including phenoxy) is 2. The molecule has 0 aromatic heterocycles. The molecule has 178 valence electrons. The van der Waals surface area contributed by atoms with Crippen LogP contribution in [0.2, 0.25) is 0 Å². The summed E-state index contributed by atoms with van der Waals surface area (Å²) in [5.74, 6) is -0.447. The third-order valence-electron chi connectivity index (χ3n) is 5.35. The van der Waals surface area contributed by atoms with E-state index in [1.165, 1.54) is 6.92 Å². The van der Waals surface area contributed by atoms with Crippen LogP contribution in [0.25, 0.3) is 0 Å². The zero-order valence-electron chi connectivity index (χ0n) is 17.5. The second-order valence-electron chi connectivity index (χ2n) is 7.68. The van der Waals surface area contributed by atoms with Crippen LogP contribution < -0.4 is 5.32 Å². The van der Waals surface area contributed by atoms with Gasteiger partial charge in [-0.05, 0) is 25.7 Å². The normalized spacial score (nSPS) is 30.2. The molecule has 2 aliphatic rings. The van der Waals surface area contributed by atoms with Crippen LogP contribution in [-0.2, 0) is 28.2 Å². The van der Waals surface area contributed by atoms with Gasteiger partial charge in [-0.1, -0.05) is 0 Å². The minimum atomic E-state index is -2.63. The van der Waals surface area contributed by atoms with E-state index in [1.807, 2.05) is 0 Å². The minimum Gasteiger partial charge on any atom is -0.394 e. The molecule has 2 amide bonds. The van der Waals surface area contributed by atoms with Gasteiger partial charge in [-0.2, -0.15) is 0 Å². The molecule has 0 saturated carbocycles. The molecule has 0 aromatic rings. The van der Waals surface area contributed by atoms with Crippen LogP contribution in [-0.4, -0.2) is 100.0 Å². The Kier molecular flexibility index (Phi) is 10.7. The maximum atomic E-state index is 12.3. The van der Waals surface area contributed by atoms with Gasteiger partial charge in [0, 0.05) is 37.6 Å². The van der Waals surface area contributed by atoms with E-state index in [1.54, 1.807) is 4.90 Å². The van der Waals surface area contributed by atoms with Crippen molar-refractivity contribution >= 4 is 20.1 Å². The van der Waals surface area contributed by atoms with Gasteiger partial charge in [0.15, 0.2) is 6.29 Å². The van der Waals surface area contributed by atoms with Crippen molar-refractivity contribution in [3.63, 3.8) is 0 Å². The third-order valence-corrected chi connectivity index (χ3v) is 5.83. The number of hydrogen-bond donors (Lipinski definition) is 5. The van der Waals surface area contributed by atoms with Crippen LogP contribution in [0, 0.1) is 0 Å². The largest absolute Gasteiger partial charge is 0.694 e. The van der Waals surface area contributed by atoms with Gasteiger partial charge in [0.2, 0.25) is 11.8 Å². The quantitative estimate of drug-likeness (QED) is 0.193. The van der Waals surface area contributed by atoms with Crippen LogP contribution in [0.3, 0.4) is 0 Å². The summed E-state index contributed by atoms with van der Waals surface area (Å²) >= 11 is 0. The van der Waals surface area contributed by atoms with E-state index in [0.29, 0.717) is 45.2 Å². The lowest BCUT2D eigenvalue weighted by Crippen LogP contribution is -2.64. The fourth-order valence-corrected chi connectivity index (χ4v) is 4.15. The van der Waals surface area contributed by atoms with E-state index in [2.05, 4.69) is 5.32 Å². The number of aliphatic hydroxyl groups is 3. The topological polar surface area (TPSA) is 175 Å². The maximum absolute atomic E-state index is 12.3. The lowest BCUT2D eigenvalue weighted by molar-refractivity contribution is -0.270. The lowest BCUT2D eigenvalue weighted by Gasteiger charge is -2.42. The second kappa shape index (κ2) is 12.7. The van der Waals surface area contributed by atoms with Crippen LogP contribution in [0.4, 0.5) is 0 Å². The van der Waals surface area contributed by atoms with Crippen molar-refractivity contribution in [3.05, 3.63) is 0 Å². The van der Waals surface area contributed by atoms with E-state index in [-0.39, 0.29) is 18.6 Å². The number of piperidine rings is 1. The average Bonchev–Trinajstić information content (AvgIpc) is 2.72. The van der Waals surface area contributed by atoms with Crippen molar-refractivity contribution in [2.75, 3.05) is 26.3 Å². The highest BCUT2D eigenvalue weighted by Crippen LogP contribution is 2.25. The zero-order valence-corrected chi connectivity index (χ0v) is 18.4. The first-order valence-electron chi connectivity index (χ1n) is 10.3. The lowest BCUT2D eigenvalue weighted by atomic mass is 9.97. The van der Waals surface area contributed by atoms with E-state index in [0.717, 1.165) is 0 Å². The van der Waals surface area contributed by atoms with Gasteiger partial charge in [0.25, 0.3) is 0 Å². The first-order valence-corrected chi connectivity index (χ1v) is 11.5. The Morgan fingerprint density at radius 2 is 1.87 bits per heavy atom. The van der Waals surface area contributed by atoms with Gasteiger partial charge in [0.05, 0.1) is 6.61 Å². The van der Waals surface area contributed by atoms with Gasteiger partial charge in [-0.3, -0.25) is 9.59 Å². The van der Waals surface area contributed by atoms with Crippen molar-refractivity contribution in [1.29, 1.82) is 0 Å². The predicted molar refractivity (Wildman–Crippen MR) is 106 cm³/mol. The monoisotopic (exact) mass is 467 g/mol. The predicted octanol–water partition coefficient (Wildman–Crippen LogP) is -1.23. The third kappa shape index (κ3) is 7.99. The summed E-state index contributed by atoms with van der Waals surface area (Å²) in [5, 5.41) is 32.0. The number of nitrogens with one attached hydrogen (secondary N) is 1. The number of amides is 2. The average molecular weight is 467 g/mol. The molecule has 2 fully saturated rings. The summed E-state index contributed by atoms with van der Waals surface area (Å²) in [6, 6.07) is -0.991. The molecule has 0 bridgehead atoms. The molecule has 31 heavy (non-hydrogen) atoms. The summed E-state index contributed by atoms with van der Waals surface area (Å²) in [6.07, 6.45) is -2.73. The van der Waals surface area contributed by atoms with E-state index in [4.69, 9.17) is 18.9 Å². The maximum Gasteiger partial charge on any atom is 0.694 e. The van der Waals surface area contributed by atoms with Crippen LogP contribution in [0.15, 0.2) is 0 Å². The number of carbonyl (C=O) groups is 2. The first kappa shape index (κ1) is 26.0. The molecule has 0 aromatic carbocycles. The minimum absolute atomic E-state index is 0.0178. The highest BCUT2D eigenvalue weighted by atomic mass is 31.1. The van der Waals surface area contributed by atoms with Gasteiger partial charge >= 0.3 is 8.25 Å². The number of hydrogen-bond acceptors (Lipinski definition) is 9. The fourth-order valence-electron chi connectivity index (χ4n) is 3.69. The van der Waals surface area contributed by atoms with Gasteiger partial charge in [-0.25, -0.2) is 0 Å². The molecular weight excluding hydrogens is 435 g/mol. The SMILES string of the molecule is CC(=O)N[C@H]1C(O)[C@@H](O)C(CO)O[C@H]1OCCCCC(=O)N1CCC(O[P+](=O)O)CC1. The number of unbranched alkanes of at least 4 members (excludes halogenated alkanes) is 1. The number of aliphatic hydroxyl groups excluding tert-OH is 3. The van der Waals surface area contributed by atoms with Crippen LogP contribution in [0.5, 0.6) is 0 Å². The standard InChI is InChI=1S/C18H31N2O10P/c1-11(22)19-15-17(25)16(24)13(10-21)29-18(15)28-9-3-2-4-14(23)20-7-5-12(6-8-20)30-31(26)27/h12-13,15-18,21,24-25H,2-10H2,1H3,(H-,19,22,26,27)/p+1/t13?,15-,16-,17?,18+/m0/s1. The Hall–Kier alpha value is -1.24. The molecule has 0 aliphatic carbocycles. The molecule has 0 spiro atoms. The molecule has 2 aliphatic heterocycles. The Bertz CT molecular complexity index is 616. The molecule has 3 unspecified atom stereocenters. The number of likely N-dealkylation sites (tertiary alicyclic amines) is 1. The Balaban J connectivity index is 1.71. The molecule has 2 saturated heterocycles. The van der Waals surface area contributed by atoms with Crippen molar-refractivity contribution in [1.82, 2.24) is 10.2 Å². The van der Waals surface area contributed by atoms with Crippen LogP contribution >= 0.6 is 8.25 Å². The molecule has 2 heterocycles. The number of rotatable bonds is 10. The Labute approximate surface area is 181 Å². The van der Waals surface area contributed by atoms with E-state index >= 15 is 0 Å². The van der Waals surface area contributed by atoms with Crippen molar-refractivity contribution in [2.45, 2.75) is 75.8 Å². The summed E-state index contributed by atoms with van der Waals surface area (Å²) in [4.78, 5) is 34.2. The van der Waals surface area contributed by atoms with Crippen molar-refractivity contribution < 1.29 is 48.4 Å². The summed E-state index contributed by atoms with van der Waals surface area (Å²) in [7, 11) is -2.63. The van der Waals surface area contributed by atoms with Gasteiger partial charge in [-0.15, -0.1) is 9.42 Å². The smallest absolute Gasteiger partial charge is 0.394 e. The number of nitrogens with zero attached hydrogens (tertiary/aromatic N) is 1. The highest BCUT2D eigenvalue weighted by molar-refractivity contribution is 7.32. The van der Waals surface area contributed by atoms with E-state index < -0.39 is 51.4 Å². The fraction of sp³-hybridized carbons (Fsp3) is 0.889. The molecule has 2 rings (SSSR count). The Morgan fingerprint density at radius 3 is 2.45 bits per heavy atom. The molecular formula is C18H32N2O10P+. The zero-order chi connectivity index (χ0) is 23.0. The van der Waals surface area contributed by atoms with Gasteiger partial charge < -0.3 is 35.0 Å². The summed E-state index contributed by atoms with van der Waals surface area (Å²) in [5.41, 5.74) is 0. The molecule has 0 radical (unpaired) electrons. The molecule has 5 N–H and O–H groups in total. The molecule has 12 nitrogen and oxygen atoms in total. The van der Waals surface area contributed by atoms with Crippen molar-refractivity contribution in [3.8, 4) is 0 Å². The molecule has 6 atom stereocenters. The van der Waals surface area contributed by atoms with Gasteiger partial charge in [0.1, 0.15) is 30.5 Å². The summed E-state index contributed by atoms with van der Waals surface area (Å²) in [6.45, 7) is 1.88. The Morgan fingerprint density at radius 1 is 1.19 bits per heavy atom. The van der Waals surface area contributed by atoms with E-state index in [9.17, 15) is 29.5 Å². The second-order valence-corrected chi connectivity index (χ2v) is 8.37. The summed E-state index contributed by atoms with van der Waals surface area (Å²) < 4.78 is 26.7. The van der Waals surface area contributed by atoms with Crippen molar-refractivity contribution in [2.24, 2.45) is 0 Å². The highest BCUT2D eigenvalue weighted by Gasteiger charge is 2.45.